The highest BCUT2D eigenvalue weighted by atomic mass is 16.5. The lowest BCUT2D eigenvalue weighted by Gasteiger charge is -2.35. The van der Waals surface area contributed by atoms with Gasteiger partial charge in [-0.3, -0.25) is 0 Å². The molecule has 1 N–H and O–H groups in total. The molecule has 86 valence electrons. The highest BCUT2D eigenvalue weighted by Gasteiger charge is 2.26. The summed E-state index contributed by atoms with van der Waals surface area (Å²) in [4.78, 5) is 0. The van der Waals surface area contributed by atoms with Gasteiger partial charge in [-0.15, -0.1) is 0 Å². The molecule has 2 nitrogen and oxygen atoms in total. The van der Waals surface area contributed by atoms with Crippen LogP contribution in [0.4, 0.5) is 0 Å². The molecule has 0 aliphatic heterocycles. The Bertz CT molecular complexity index is 158. The summed E-state index contributed by atoms with van der Waals surface area (Å²) in [5.41, 5.74) is 0.541. The number of rotatable bonds is 5. The number of nitrogens with one attached hydrogen (secondary N) is 1. The maximum Gasteiger partial charge on any atom is 0.0613 e. The van der Waals surface area contributed by atoms with Crippen molar-refractivity contribution in [3.05, 3.63) is 0 Å². The van der Waals surface area contributed by atoms with Gasteiger partial charge in [-0.2, -0.15) is 0 Å². The molecule has 0 aromatic carbocycles. The first-order chi connectivity index (χ1) is 6.16. The number of hydrogen-bond acceptors (Lipinski definition) is 2. The molecule has 0 amide bonds. The van der Waals surface area contributed by atoms with Crippen LogP contribution in [0.15, 0.2) is 0 Å². The summed E-state index contributed by atoms with van der Waals surface area (Å²) < 4.78 is 5.12. The smallest absolute Gasteiger partial charge is 0.0613 e. The zero-order valence-corrected chi connectivity index (χ0v) is 10.9. The first-order valence-corrected chi connectivity index (χ1v) is 5.43. The predicted molar refractivity (Wildman–Crippen MR) is 62.6 cm³/mol. The molecule has 0 aromatic heterocycles. The predicted octanol–water partition coefficient (Wildman–Crippen LogP) is 2.83. The lowest BCUT2D eigenvalue weighted by Crippen LogP contribution is -2.48. The Labute approximate surface area is 89.4 Å². The van der Waals surface area contributed by atoms with Crippen molar-refractivity contribution in [3.8, 4) is 0 Å². The van der Waals surface area contributed by atoms with Gasteiger partial charge in [-0.25, -0.2) is 0 Å². The molecule has 0 heterocycles. The van der Waals surface area contributed by atoms with E-state index in [9.17, 15) is 0 Å². The molecule has 0 aliphatic carbocycles. The molecular formula is C12H27NO. The Morgan fingerprint density at radius 3 is 2.00 bits per heavy atom. The quantitative estimate of drug-likeness (QED) is 0.738. The standard InChI is InChI=1S/C12H27NO/c1-10(8-14-7)13-12(5,6)9-11(2,3)4/h10,13H,8-9H2,1-7H3. The molecule has 2 heteroatoms. The fourth-order valence-corrected chi connectivity index (χ4v) is 2.34. The Balaban J connectivity index is 4.06. The largest absolute Gasteiger partial charge is 0.383 e. The minimum absolute atomic E-state index is 0.177. The fraction of sp³-hybridized carbons (Fsp3) is 1.00. The summed E-state index contributed by atoms with van der Waals surface area (Å²) in [6.07, 6.45) is 1.16. The molecule has 14 heavy (non-hydrogen) atoms. The minimum atomic E-state index is 0.177. The topological polar surface area (TPSA) is 21.3 Å². The van der Waals surface area contributed by atoms with E-state index in [4.69, 9.17) is 4.74 Å². The first-order valence-electron chi connectivity index (χ1n) is 5.43. The van der Waals surface area contributed by atoms with E-state index in [2.05, 4.69) is 46.9 Å². The molecule has 0 bridgehead atoms. The summed E-state index contributed by atoms with van der Waals surface area (Å²) in [6.45, 7) is 14.3. The average molecular weight is 201 g/mol. The molecule has 1 atom stereocenters. The maximum atomic E-state index is 5.12. The van der Waals surface area contributed by atoms with Crippen LogP contribution in [0.25, 0.3) is 0 Å². The van der Waals surface area contributed by atoms with Crippen LogP contribution >= 0.6 is 0 Å². The molecular weight excluding hydrogens is 174 g/mol. The summed E-state index contributed by atoms with van der Waals surface area (Å²) >= 11 is 0. The maximum absolute atomic E-state index is 5.12. The van der Waals surface area contributed by atoms with Gasteiger partial charge < -0.3 is 10.1 Å². The van der Waals surface area contributed by atoms with Crippen LogP contribution in [0.2, 0.25) is 0 Å². The van der Waals surface area contributed by atoms with Crippen molar-refractivity contribution in [1.29, 1.82) is 0 Å². The Hall–Kier alpha value is -0.0800. The van der Waals surface area contributed by atoms with Crippen LogP contribution in [-0.4, -0.2) is 25.3 Å². The fourth-order valence-electron chi connectivity index (χ4n) is 2.34. The van der Waals surface area contributed by atoms with Gasteiger partial charge in [0.15, 0.2) is 0 Å². The van der Waals surface area contributed by atoms with Crippen molar-refractivity contribution in [2.24, 2.45) is 5.41 Å². The van der Waals surface area contributed by atoms with Crippen LogP contribution in [0.1, 0.15) is 48.0 Å². The SMILES string of the molecule is COCC(C)NC(C)(C)CC(C)(C)C. The van der Waals surface area contributed by atoms with Crippen molar-refractivity contribution in [2.45, 2.75) is 59.5 Å². The van der Waals surface area contributed by atoms with E-state index in [-0.39, 0.29) is 5.54 Å². The van der Waals surface area contributed by atoms with Crippen LogP contribution in [0.3, 0.4) is 0 Å². The van der Waals surface area contributed by atoms with Gasteiger partial charge in [-0.1, -0.05) is 20.8 Å². The zero-order valence-electron chi connectivity index (χ0n) is 10.9. The number of ether oxygens (including phenoxy) is 1. The monoisotopic (exact) mass is 201 g/mol. The second-order valence-electron chi connectivity index (χ2n) is 6.12. The van der Waals surface area contributed by atoms with E-state index in [0.29, 0.717) is 11.5 Å². The van der Waals surface area contributed by atoms with E-state index < -0.39 is 0 Å². The zero-order chi connectivity index (χ0) is 11.4. The van der Waals surface area contributed by atoms with E-state index in [1.807, 2.05) is 0 Å². The molecule has 0 aromatic rings. The Kier molecular flexibility index (Phi) is 5.10. The third-order valence-electron chi connectivity index (χ3n) is 2.03. The van der Waals surface area contributed by atoms with E-state index in [0.717, 1.165) is 13.0 Å². The molecule has 0 rings (SSSR count). The molecule has 0 saturated heterocycles. The van der Waals surface area contributed by atoms with Gasteiger partial charge in [0, 0.05) is 18.7 Å². The van der Waals surface area contributed by atoms with E-state index in [1.54, 1.807) is 7.11 Å². The third kappa shape index (κ3) is 7.34. The van der Waals surface area contributed by atoms with E-state index >= 15 is 0 Å². The molecule has 0 spiro atoms. The van der Waals surface area contributed by atoms with Crippen LogP contribution in [0, 0.1) is 5.41 Å². The van der Waals surface area contributed by atoms with Gasteiger partial charge in [0.25, 0.3) is 0 Å². The second-order valence-corrected chi connectivity index (χ2v) is 6.12. The van der Waals surface area contributed by atoms with Gasteiger partial charge in [0.2, 0.25) is 0 Å². The van der Waals surface area contributed by atoms with E-state index in [1.165, 1.54) is 0 Å². The average Bonchev–Trinajstić information content (AvgIpc) is 1.78. The summed E-state index contributed by atoms with van der Waals surface area (Å²) in [5, 5.41) is 3.59. The highest BCUT2D eigenvalue weighted by molar-refractivity contribution is 4.85. The highest BCUT2D eigenvalue weighted by Crippen LogP contribution is 2.26. The third-order valence-corrected chi connectivity index (χ3v) is 2.03. The summed E-state index contributed by atoms with van der Waals surface area (Å²) in [6, 6.07) is 0.414. The lowest BCUT2D eigenvalue weighted by atomic mass is 9.81. The van der Waals surface area contributed by atoms with Crippen molar-refractivity contribution in [2.75, 3.05) is 13.7 Å². The Morgan fingerprint density at radius 1 is 1.14 bits per heavy atom. The lowest BCUT2D eigenvalue weighted by molar-refractivity contribution is 0.143. The van der Waals surface area contributed by atoms with Crippen LogP contribution in [-0.2, 0) is 4.74 Å². The molecule has 0 aliphatic rings. The van der Waals surface area contributed by atoms with Gasteiger partial charge in [0.1, 0.15) is 0 Å². The molecule has 0 radical (unpaired) electrons. The molecule has 1 unspecified atom stereocenters. The molecule has 0 fully saturated rings. The van der Waals surface area contributed by atoms with Crippen molar-refractivity contribution < 1.29 is 4.74 Å². The van der Waals surface area contributed by atoms with Crippen LogP contribution in [0.5, 0.6) is 0 Å². The minimum Gasteiger partial charge on any atom is -0.383 e. The van der Waals surface area contributed by atoms with Gasteiger partial charge in [-0.05, 0) is 32.6 Å². The number of hydrogen-bond donors (Lipinski definition) is 1. The molecule has 0 saturated carbocycles. The number of methoxy groups -OCH3 is 1. The summed E-state index contributed by atoms with van der Waals surface area (Å²) in [5.74, 6) is 0. The normalized spacial score (nSPS) is 15.6. The summed E-state index contributed by atoms with van der Waals surface area (Å²) in [7, 11) is 1.74. The Morgan fingerprint density at radius 2 is 1.64 bits per heavy atom. The van der Waals surface area contributed by atoms with Crippen molar-refractivity contribution in [3.63, 3.8) is 0 Å². The first kappa shape index (κ1) is 13.9. The van der Waals surface area contributed by atoms with Crippen molar-refractivity contribution in [1.82, 2.24) is 5.32 Å². The van der Waals surface area contributed by atoms with Crippen molar-refractivity contribution >= 4 is 0 Å². The second kappa shape index (κ2) is 5.13. The van der Waals surface area contributed by atoms with Gasteiger partial charge in [0.05, 0.1) is 6.61 Å². The van der Waals surface area contributed by atoms with Crippen LogP contribution < -0.4 is 5.32 Å². The van der Waals surface area contributed by atoms with Gasteiger partial charge >= 0.3 is 0 Å².